The number of thioether (sulfide) groups is 1. The Bertz CT molecular complexity index is 1350. The first-order valence-electron chi connectivity index (χ1n) is 12.9. The lowest BCUT2D eigenvalue weighted by atomic mass is 9.80. The van der Waals surface area contributed by atoms with Crippen LogP contribution >= 0.6 is 24.2 Å². The summed E-state index contributed by atoms with van der Waals surface area (Å²) in [7, 11) is 1.57. The summed E-state index contributed by atoms with van der Waals surface area (Å²) in [6, 6.07) is 7.67. The van der Waals surface area contributed by atoms with Crippen molar-refractivity contribution in [1.29, 1.82) is 0 Å². The number of carbonyl (C=O) groups excluding carboxylic acids is 1. The lowest BCUT2D eigenvalue weighted by Gasteiger charge is -2.29. The molecule has 3 aliphatic rings. The number of likely N-dealkylation sites (tertiary alicyclic amines) is 1. The molecule has 38 heavy (non-hydrogen) atoms. The molecule has 1 amide bonds. The smallest absolute Gasteiger partial charge is 0.235 e. The van der Waals surface area contributed by atoms with Crippen LogP contribution in [0.25, 0.3) is 11.0 Å². The van der Waals surface area contributed by atoms with Crippen molar-refractivity contribution in [3.63, 3.8) is 0 Å². The van der Waals surface area contributed by atoms with E-state index in [1.807, 2.05) is 18.2 Å². The van der Waals surface area contributed by atoms with E-state index in [4.69, 9.17) is 4.74 Å². The molecule has 0 radical (unpaired) electrons. The number of rotatable bonds is 8. The summed E-state index contributed by atoms with van der Waals surface area (Å²) in [6.07, 6.45) is 5.59. The van der Waals surface area contributed by atoms with E-state index in [0.717, 1.165) is 36.8 Å². The van der Waals surface area contributed by atoms with Gasteiger partial charge in [0.1, 0.15) is 11.6 Å². The number of fused-ring (bicyclic) bond motifs is 3. The average Bonchev–Trinajstić information content (AvgIpc) is 3.44. The monoisotopic (exact) mass is 558 g/mol. The Balaban J connectivity index is 0.00000294. The highest BCUT2D eigenvalue weighted by molar-refractivity contribution is 8.00. The summed E-state index contributed by atoms with van der Waals surface area (Å²) in [4.78, 5) is 28.6. The predicted molar refractivity (Wildman–Crippen MR) is 149 cm³/mol. The van der Waals surface area contributed by atoms with Gasteiger partial charge in [0, 0.05) is 44.4 Å². The van der Waals surface area contributed by atoms with E-state index in [2.05, 4.69) is 30.5 Å². The normalized spacial score (nSPS) is 22.6. The molecule has 8 nitrogen and oxygen atoms in total. The number of nitrogens with zero attached hydrogens (tertiary/aromatic N) is 4. The molecule has 2 fully saturated rings. The van der Waals surface area contributed by atoms with Crippen molar-refractivity contribution in [3.05, 3.63) is 47.5 Å². The number of hydrogen-bond acceptors (Lipinski definition) is 8. The molecule has 2 aliphatic heterocycles. The number of pyridine rings is 3. The molecular formula is C27H32ClFN6O2S. The van der Waals surface area contributed by atoms with Crippen molar-refractivity contribution in [2.24, 2.45) is 11.3 Å². The first kappa shape index (κ1) is 27.1. The minimum absolute atomic E-state index is 0. The first-order valence-corrected chi connectivity index (χ1v) is 13.9. The Labute approximate surface area is 231 Å². The standard InChI is InChI=1S/C27H31FN6O2S.ClH/c1-36-24-7-5-21-25(33-24)19(20(28)12-30-21)8-10-34-13-17-3-2-9-27(17,16-34)15-29-11-18-4-6-22-26(31-18)32-23(35)14-37-22;/h4-7,12,17,29H,2-3,8-11,13-16H2,1H3,(H,31,32,35);1H/t17-,27-;/m0./s1. The van der Waals surface area contributed by atoms with Crippen molar-refractivity contribution in [2.75, 3.05) is 44.4 Å². The fourth-order valence-electron chi connectivity index (χ4n) is 6.23. The van der Waals surface area contributed by atoms with Crippen LogP contribution in [0, 0.1) is 17.2 Å². The number of amides is 1. The summed E-state index contributed by atoms with van der Waals surface area (Å²) >= 11 is 1.53. The van der Waals surface area contributed by atoms with Gasteiger partial charge < -0.3 is 20.3 Å². The number of hydrogen-bond donors (Lipinski definition) is 2. The summed E-state index contributed by atoms with van der Waals surface area (Å²) in [5, 5.41) is 6.54. The van der Waals surface area contributed by atoms with Gasteiger partial charge in [-0.2, -0.15) is 0 Å². The van der Waals surface area contributed by atoms with Crippen LogP contribution in [-0.4, -0.2) is 64.8 Å². The molecular weight excluding hydrogens is 527 g/mol. The fraction of sp³-hybridized carbons (Fsp3) is 0.481. The topological polar surface area (TPSA) is 92.3 Å². The lowest BCUT2D eigenvalue weighted by Crippen LogP contribution is -2.38. The quantitative estimate of drug-likeness (QED) is 0.427. The Morgan fingerprint density at radius 2 is 2.18 bits per heavy atom. The summed E-state index contributed by atoms with van der Waals surface area (Å²) in [5.41, 5.74) is 3.05. The minimum Gasteiger partial charge on any atom is -0.481 e. The van der Waals surface area contributed by atoms with Crippen LogP contribution in [0.5, 0.6) is 5.88 Å². The van der Waals surface area contributed by atoms with Gasteiger partial charge in [-0.1, -0.05) is 6.42 Å². The van der Waals surface area contributed by atoms with Gasteiger partial charge in [0.15, 0.2) is 0 Å². The van der Waals surface area contributed by atoms with Gasteiger partial charge in [-0.15, -0.1) is 24.2 Å². The number of halogens is 2. The highest BCUT2D eigenvalue weighted by Gasteiger charge is 2.48. The Hall–Kier alpha value is -2.53. The molecule has 11 heteroatoms. The molecule has 3 aromatic heterocycles. The zero-order valence-electron chi connectivity index (χ0n) is 21.3. The molecule has 0 unspecified atom stereocenters. The minimum atomic E-state index is -0.309. The van der Waals surface area contributed by atoms with Crippen LogP contribution in [-0.2, 0) is 17.8 Å². The molecule has 0 aromatic carbocycles. The Morgan fingerprint density at radius 3 is 3.05 bits per heavy atom. The summed E-state index contributed by atoms with van der Waals surface area (Å²) < 4.78 is 20.0. The van der Waals surface area contributed by atoms with Gasteiger partial charge in [0.2, 0.25) is 11.8 Å². The van der Waals surface area contributed by atoms with E-state index in [0.29, 0.717) is 52.9 Å². The van der Waals surface area contributed by atoms with Gasteiger partial charge in [-0.3, -0.25) is 9.78 Å². The van der Waals surface area contributed by atoms with Crippen LogP contribution in [0.4, 0.5) is 10.2 Å². The molecule has 2 N–H and O–H groups in total. The van der Waals surface area contributed by atoms with Crippen LogP contribution in [0.2, 0.25) is 0 Å². The molecule has 1 saturated carbocycles. The maximum absolute atomic E-state index is 14.8. The largest absolute Gasteiger partial charge is 0.481 e. The number of anilines is 1. The summed E-state index contributed by atoms with van der Waals surface area (Å²) in [6.45, 7) is 4.44. The second kappa shape index (κ2) is 11.3. The molecule has 2 atom stereocenters. The van der Waals surface area contributed by atoms with Crippen LogP contribution in [0.1, 0.15) is 30.5 Å². The van der Waals surface area contributed by atoms with Crippen molar-refractivity contribution in [3.8, 4) is 5.88 Å². The summed E-state index contributed by atoms with van der Waals surface area (Å²) in [5.74, 6) is 1.93. The molecule has 202 valence electrons. The van der Waals surface area contributed by atoms with Gasteiger partial charge in [0.05, 0.1) is 40.7 Å². The fourth-order valence-corrected chi connectivity index (χ4v) is 6.98. The number of methoxy groups -OCH3 is 1. The number of nitrogens with one attached hydrogen (secondary N) is 2. The SMILES string of the molecule is COc1ccc2ncc(F)c(CCN3C[C@@H]4CCC[C@]4(CNCc4ccc5c(n4)NC(=O)CS5)C3)c2n1.Cl. The zero-order chi connectivity index (χ0) is 25.4. The van der Waals surface area contributed by atoms with Gasteiger partial charge in [0.25, 0.3) is 0 Å². The average molecular weight is 559 g/mol. The van der Waals surface area contributed by atoms with E-state index in [1.165, 1.54) is 37.2 Å². The number of ether oxygens (including phenoxy) is 1. The number of aromatic nitrogens is 3. The van der Waals surface area contributed by atoms with Crippen molar-refractivity contribution in [1.82, 2.24) is 25.2 Å². The van der Waals surface area contributed by atoms with Crippen LogP contribution < -0.4 is 15.4 Å². The molecule has 6 rings (SSSR count). The predicted octanol–water partition coefficient (Wildman–Crippen LogP) is 4.07. The second-order valence-corrected chi connectivity index (χ2v) is 11.3. The Kier molecular flexibility index (Phi) is 8.04. The van der Waals surface area contributed by atoms with Gasteiger partial charge >= 0.3 is 0 Å². The van der Waals surface area contributed by atoms with Crippen molar-refractivity contribution < 1.29 is 13.9 Å². The van der Waals surface area contributed by atoms with E-state index in [-0.39, 0.29) is 29.5 Å². The highest BCUT2D eigenvalue weighted by Crippen LogP contribution is 2.48. The molecule has 3 aromatic rings. The lowest BCUT2D eigenvalue weighted by molar-refractivity contribution is -0.113. The molecule has 1 aliphatic carbocycles. The van der Waals surface area contributed by atoms with Gasteiger partial charge in [-0.05, 0) is 48.8 Å². The maximum Gasteiger partial charge on any atom is 0.235 e. The highest BCUT2D eigenvalue weighted by atomic mass is 35.5. The van der Waals surface area contributed by atoms with E-state index >= 15 is 0 Å². The van der Waals surface area contributed by atoms with Crippen LogP contribution in [0.3, 0.4) is 0 Å². The maximum atomic E-state index is 14.8. The zero-order valence-corrected chi connectivity index (χ0v) is 23.0. The molecule has 0 spiro atoms. The van der Waals surface area contributed by atoms with Crippen molar-refractivity contribution >= 4 is 46.9 Å². The van der Waals surface area contributed by atoms with E-state index in [1.54, 1.807) is 13.2 Å². The third-order valence-corrected chi connectivity index (χ3v) is 9.10. The molecule has 0 bridgehead atoms. The second-order valence-electron chi connectivity index (χ2n) is 10.3. The third kappa shape index (κ3) is 5.32. The van der Waals surface area contributed by atoms with Crippen molar-refractivity contribution in [2.45, 2.75) is 37.1 Å². The molecule has 1 saturated heterocycles. The first-order chi connectivity index (χ1) is 18.0. The Morgan fingerprint density at radius 1 is 1.29 bits per heavy atom. The van der Waals surface area contributed by atoms with Crippen LogP contribution in [0.15, 0.2) is 35.4 Å². The number of carbonyl (C=O) groups is 1. The molecule has 5 heterocycles. The van der Waals surface area contributed by atoms with Gasteiger partial charge in [-0.25, -0.2) is 14.4 Å². The van der Waals surface area contributed by atoms with E-state index < -0.39 is 0 Å². The van der Waals surface area contributed by atoms with E-state index in [9.17, 15) is 9.18 Å². The third-order valence-electron chi connectivity index (χ3n) is 8.05.